The third-order valence-corrected chi connectivity index (χ3v) is 3.56. The van der Waals surface area contributed by atoms with E-state index in [1.165, 1.54) is 0 Å². The van der Waals surface area contributed by atoms with Gasteiger partial charge in [-0.3, -0.25) is 4.55 Å². The summed E-state index contributed by atoms with van der Waals surface area (Å²) >= 11 is 0. The molecule has 96 valence electrons. The lowest BCUT2D eigenvalue weighted by Crippen LogP contribution is -2.04. The normalized spacial score (nSPS) is 11.8. The van der Waals surface area contributed by atoms with Gasteiger partial charge in [0.1, 0.15) is 5.75 Å². The number of benzene rings is 2. The topological polar surface area (TPSA) is 74.6 Å². The predicted octanol–water partition coefficient (Wildman–Crippen LogP) is 2.37. The van der Waals surface area contributed by atoms with Crippen molar-refractivity contribution < 1.29 is 18.1 Å². The zero-order valence-electron chi connectivity index (χ0n) is 9.70. The molecule has 5 heteroatoms. The maximum atomic E-state index is 10.6. The zero-order chi connectivity index (χ0) is 13.2. The van der Waals surface area contributed by atoms with Crippen LogP contribution >= 0.6 is 0 Å². The average Bonchev–Trinajstić information content (AvgIpc) is 2.27. The van der Waals surface area contributed by atoms with Crippen LogP contribution in [0.1, 0.15) is 12.0 Å². The second-order valence-electron chi connectivity index (χ2n) is 4.26. The van der Waals surface area contributed by atoms with Gasteiger partial charge in [-0.1, -0.05) is 24.3 Å². The van der Waals surface area contributed by atoms with Crippen molar-refractivity contribution in [3.8, 4) is 5.75 Å². The number of aromatic hydroxyl groups is 1. The van der Waals surface area contributed by atoms with Crippen LogP contribution in [0.3, 0.4) is 0 Å². The Hall–Kier alpha value is -1.59. The summed E-state index contributed by atoms with van der Waals surface area (Å²) in [6.07, 6.45) is 0.985. The quantitative estimate of drug-likeness (QED) is 0.833. The fourth-order valence-corrected chi connectivity index (χ4v) is 2.41. The summed E-state index contributed by atoms with van der Waals surface area (Å²) in [5.41, 5.74) is 1.01. The van der Waals surface area contributed by atoms with Crippen LogP contribution in [0.4, 0.5) is 0 Å². The molecule has 4 nitrogen and oxygen atoms in total. The van der Waals surface area contributed by atoms with Crippen molar-refractivity contribution in [2.24, 2.45) is 0 Å². The van der Waals surface area contributed by atoms with E-state index in [4.69, 9.17) is 4.55 Å². The third kappa shape index (κ3) is 3.45. The maximum Gasteiger partial charge on any atom is 0.264 e. The van der Waals surface area contributed by atoms with Crippen LogP contribution < -0.4 is 0 Å². The number of phenols is 1. The molecule has 0 bridgehead atoms. The molecule has 0 unspecified atom stereocenters. The van der Waals surface area contributed by atoms with Crippen molar-refractivity contribution in [1.29, 1.82) is 0 Å². The molecule has 0 spiro atoms. The first-order valence-electron chi connectivity index (χ1n) is 5.61. The van der Waals surface area contributed by atoms with Crippen LogP contribution in [0, 0.1) is 0 Å². The molecule has 2 N–H and O–H groups in total. The lowest BCUT2D eigenvalue weighted by atomic mass is 10.0. The molecule has 2 rings (SSSR count). The molecule has 2 aromatic carbocycles. The number of fused-ring (bicyclic) bond motifs is 1. The van der Waals surface area contributed by atoms with E-state index < -0.39 is 10.1 Å². The van der Waals surface area contributed by atoms with E-state index in [0.717, 1.165) is 16.3 Å². The van der Waals surface area contributed by atoms with Gasteiger partial charge in [-0.05, 0) is 41.3 Å². The molecule has 18 heavy (non-hydrogen) atoms. The molecule has 0 aliphatic rings. The smallest absolute Gasteiger partial charge is 0.264 e. The van der Waals surface area contributed by atoms with E-state index in [1.54, 1.807) is 12.1 Å². The molecule has 0 radical (unpaired) electrons. The van der Waals surface area contributed by atoms with Crippen LogP contribution in [0.5, 0.6) is 5.75 Å². The fraction of sp³-hybridized carbons (Fsp3) is 0.231. The summed E-state index contributed by atoms with van der Waals surface area (Å²) < 4.78 is 29.8. The molecular formula is C13H14O4S. The van der Waals surface area contributed by atoms with E-state index in [1.807, 2.05) is 24.3 Å². The van der Waals surface area contributed by atoms with Crippen molar-refractivity contribution >= 4 is 20.9 Å². The first kappa shape index (κ1) is 12.9. The Labute approximate surface area is 106 Å². The molecule has 0 atom stereocenters. The average molecular weight is 266 g/mol. The highest BCUT2D eigenvalue weighted by atomic mass is 32.2. The Morgan fingerprint density at radius 1 is 1.00 bits per heavy atom. The Morgan fingerprint density at radius 3 is 2.39 bits per heavy atom. The van der Waals surface area contributed by atoms with Gasteiger partial charge in [0, 0.05) is 0 Å². The van der Waals surface area contributed by atoms with Crippen molar-refractivity contribution in [2.45, 2.75) is 12.8 Å². The van der Waals surface area contributed by atoms with E-state index in [-0.39, 0.29) is 11.5 Å². The van der Waals surface area contributed by atoms with Gasteiger partial charge in [0.15, 0.2) is 0 Å². The standard InChI is InChI=1S/C13H14O4S/c14-13-6-5-11-8-10(3-4-12(11)9-13)2-1-7-18(15,16)17/h3-6,8-9,14H,1-2,7H2,(H,15,16,17). The van der Waals surface area contributed by atoms with E-state index in [2.05, 4.69) is 0 Å². The second-order valence-corrected chi connectivity index (χ2v) is 5.83. The molecule has 0 saturated carbocycles. The van der Waals surface area contributed by atoms with E-state index >= 15 is 0 Å². The van der Waals surface area contributed by atoms with Crippen molar-refractivity contribution in [3.05, 3.63) is 42.0 Å². The van der Waals surface area contributed by atoms with Crippen molar-refractivity contribution in [1.82, 2.24) is 0 Å². The maximum absolute atomic E-state index is 10.6. The minimum absolute atomic E-state index is 0.222. The minimum Gasteiger partial charge on any atom is -0.508 e. The molecule has 0 aliphatic heterocycles. The molecule has 2 aromatic rings. The van der Waals surface area contributed by atoms with Crippen LogP contribution in [0.2, 0.25) is 0 Å². The van der Waals surface area contributed by atoms with Gasteiger partial charge in [0.25, 0.3) is 10.1 Å². The summed E-state index contributed by atoms with van der Waals surface area (Å²) in [7, 11) is -3.88. The number of phenolic OH excluding ortho intramolecular Hbond substituents is 1. The van der Waals surface area contributed by atoms with Crippen LogP contribution in [-0.2, 0) is 16.5 Å². The largest absolute Gasteiger partial charge is 0.508 e. The Morgan fingerprint density at radius 2 is 1.67 bits per heavy atom. The molecule has 0 saturated heterocycles. The van der Waals surface area contributed by atoms with Crippen LogP contribution in [-0.4, -0.2) is 23.8 Å². The fourth-order valence-electron chi connectivity index (χ4n) is 1.90. The highest BCUT2D eigenvalue weighted by Gasteiger charge is 2.04. The molecule has 0 amide bonds. The highest BCUT2D eigenvalue weighted by Crippen LogP contribution is 2.21. The number of rotatable bonds is 4. The predicted molar refractivity (Wildman–Crippen MR) is 70.3 cm³/mol. The summed E-state index contributed by atoms with van der Waals surface area (Å²) in [4.78, 5) is 0. The summed E-state index contributed by atoms with van der Waals surface area (Å²) in [6.45, 7) is 0. The molecule has 0 fully saturated rings. The Bertz CT molecular complexity index is 662. The number of aryl methyl sites for hydroxylation is 1. The first-order valence-corrected chi connectivity index (χ1v) is 7.22. The van der Waals surface area contributed by atoms with Crippen LogP contribution in [0.15, 0.2) is 36.4 Å². The second kappa shape index (κ2) is 4.96. The molecular weight excluding hydrogens is 252 g/mol. The zero-order valence-corrected chi connectivity index (χ0v) is 10.5. The van der Waals surface area contributed by atoms with Gasteiger partial charge in [0.2, 0.25) is 0 Å². The molecule has 0 aliphatic carbocycles. The van der Waals surface area contributed by atoms with E-state index in [0.29, 0.717) is 12.8 Å². The first-order chi connectivity index (χ1) is 8.44. The van der Waals surface area contributed by atoms with Gasteiger partial charge in [-0.2, -0.15) is 8.42 Å². The lowest BCUT2D eigenvalue weighted by molar-refractivity contribution is 0.476. The van der Waals surface area contributed by atoms with Gasteiger partial charge < -0.3 is 5.11 Å². The van der Waals surface area contributed by atoms with Crippen molar-refractivity contribution in [3.63, 3.8) is 0 Å². The highest BCUT2D eigenvalue weighted by molar-refractivity contribution is 7.85. The van der Waals surface area contributed by atoms with Gasteiger partial charge in [0.05, 0.1) is 5.75 Å². The monoisotopic (exact) mass is 266 g/mol. The Kier molecular flexibility index (Phi) is 3.54. The van der Waals surface area contributed by atoms with Gasteiger partial charge >= 0.3 is 0 Å². The minimum atomic E-state index is -3.88. The number of hydrogen-bond donors (Lipinski definition) is 2. The van der Waals surface area contributed by atoms with E-state index in [9.17, 15) is 13.5 Å². The third-order valence-electron chi connectivity index (χ3n) is 2.76. The van der Waals surface area contributed by atoms with Gasteiger partial charge in [-0.15, -0.1) is 0 Å². The summed E-state index contributed by atoms with van der Waals surface area (Å²) in [5, 5.41) is 11.3. The molecule has 0 aromatic heterocycles. The lowest BCUT2D eigenvalue weighted by Gasteiger charge is -2.04. The van der Waals surface area contributed by atoms with Crippen LogP contribution in [0.25, 0.3) is 10.8 Å². The van der Waals surface area contributed by atoms with Gasteiger partial charge in [-0.25, -0.2) is 0 Å². The SMILES string of the molecule is O=S(=O)(O)CCCc1ccc2cc(O)ccc2c1. The Balaban J connectivity index is 2.13. The number of hydrogen-bond acceptors (Lipinski definition) is 3. The summed E-state index contributed by atoms with van der Waals surface area (Å²) in [5.74, 6) is 0.00211. The molecule has 0 heterocycles. The summed E-state index contributed by atoms with van der Waals surface area (Å²) in [6, 6.07) is 10.8. The van der Waals surface area contributed by atoms with Crippen molar-refractivity contribution in [2.75, 3.05) is 5.75 Å².